The maximum Gasteiger partial charge on any atom is 0.219 e. The van der Waals surface area contributed by atoms with Crippen LogP contribution >= 0.6 is 0 Å². The van der Waals surface area contributed by atoms with Crippen molar-refractivity contribution in [3.8, 4) is 11.5 Å². The predicted octanol–water partition coefficient (Wildman–Crippen LogP) is 1.80. The molecule has 0 heterocycles. The van der Waals surface area contributed by atoms with Gasteiger partial charge in [-0.3, -0.25) is 9.59 Å². The summed E-state index contributed by atoms with van der Waals surface area (Å²) < 4.78 is 11.0. The van der Waals surface area contributed by atoms with Gasteiger partial charge in [0, 0.05) is 19.0 Å². The van der Waals surface area contributed by atoms with Crippen molar-refractivity contribution >= 4 is 12.2 Å². The van der Waals surface area contributed by atoms with Gasteiger partial charge in [-0.05, 0) is 31.5 Å². The van der Waals surface area contributed by atoms with Gasteiger partial charge in [0.05, 0.1) is 13.2 Å². The molecule has 1 aromatic rings. The van der Waals surface area contributed by atoms with Crippen molar-refractivity contribution in [2.45, 2.75) is 19.8 Å². The average molecular weight is 265 g/mol. The molecule has 5 nitrogen and oxygen atoms in total. The van der Waals surface area contributed by atoms with Crippen LogP contribution in [-0.2, 0) is 4.79 Å². The first-order chi connectivity index (χ1) is 9.21. The Bertz CT molecular complexity index is 431. The third kappa shape index (κ3) is 4.99. The molecule has 0 aromatic heterocycles. The van der Waals surface area contributed by atoms with E-state index in [1.807, 2.05) is 6.92 Å². The van der Waals surface area contributed by atoms with E-state index < -0.39 is 0 Å². The van der Waals surface area contributed by atoms with Crippen molar-refractivity contribution in [3.63, 3.8) is 0 Å². The summed E-state index contributed by atoms with van der Waals surface area (Å²) in [6.07, 6.45) is 1.81. The Morgan fingerprint density at radius 2 is 2.11 bits per heavy atom. The van der Waals surface area contributed by atoms with Gasteiger partial charge in [-0.2, -0.15) is 0 Å². The Morgan fingerprint density at radius 1 is 1.32 bits per heavy atom. The third-order valence-corrected chi connectivity index (χ3v) is 2.49. The number of benzene rings is 1. The molecule has 5 heteroatoms. The number of hydrogen-bond acceptors (Lipinski definition) is 4. The fraction of sp³-hybridized carbons (Fsp3) is 0.429. The van der Waals surface area contributed by atoms with E-state index in [9.17, 15) is 9.59 Å². The van der Waals surface area contributed by atoms with Crippen LogP contribution in [0.15, 0.2) is 18.2 Å². The molecule has 1 amide bonds. The molecule has 0 aliphatic heterocycles. The second-order valence-electron chi connectivity index (χ2n) is 3.88. The summed E-state index contributed by atoms with van der Waals surface area (Å²) in [6, 6.07) is 5.02. The molecule has 0 atom stereocenters. The van der Waals surface area contributed by atoms with Gasteiger partial charge in [-0.15, -0.1) is 0 Å². The van der Waals surface area contributed by atoms with Crippen LogP contribution in [0.4, 0.5) is 0 Å². The van der Waals surface area contributed by atoms with Gasteiger partial charge in [-0.25, -0.2) is 0 Å². The minimum Gasteiger partial charge on any atom is -0.490 e. The van der Waals surface area contributed by atoms with Gasteiger partial charge < -0.3 is 14.8 Å². The first kappa shape index (κ1) is 15.0. The monoisotopic (exact) mass is 265 g/mol. The molecule has 0 saturated carbocycles. The van der Waals surface area contributed by atoms with Crippen LogP contribution in [-0.4, -0.2) is 32.5 Å². The highest BCUT2D eigenvalue weighted by atomic mass is 16.5. The fourth-order valence-corrected chi connectivity index (χ4v) is 1.53. The summed E-state index contributed by atoms with van der Waals surface area (Å²) in [5.41, 5.74) is 0.543. The number of amides is 1. The van der Waals surface area contributed by atoms with Gasteiger partial charge in [0.2, 0.25) is 5.91 Å². The van der Waals surface area contributed by atoms with Crippen molar-refractivity contribution in [3.05, 3.63) is 23.8 Å². The Balaban J connectivity index is 2.56. The molecular formula is C14H19NO4. The second-order valence-corrected chi connectivity index (χ2v) is 3.88. The molecule has 0 bridgehead atoms. The van der Waals surface area contributed by atoms with Gasteiger partial charge in [0.1, 0.15) is 6.29 Å². The normalized spacial score (nSPS) is 9.79. The SMILES string of the molecule is CCOc1cc(C=O)ccc1OCCCC(=O)NC. The van der Waals surface area contributed by atoms with E-state index in [0.717, 1.165) is 6.29 Å². The zero-order valence-electron chi connectivity index (χ0n) is 11.3. The van der Waals surface area contributed by atoms with Crippen LogP contribution in [0.1, 0.15) is 30.1 Å². The lowest BCUT2D eigenvalue weighted by atomic mass is 10.2. The van der Waals surface area contributed by atoms with Crippen LogP contribution in [0.5, 0.6) is 11.5 Å². The Labute approximate surface area is 112 Å². The summed E-state index contributed by atoms with van der Waals surface area (Å²) in [5, 5.41) is 2.55. The van der Waals surface area contributed by atoms with Crippen molar-refractivity contribution < 1.29 is 19.1 Å². The molecule has 104 valence electrons. The Hall–Kier alpha value is -2.04. The minimum atomic E-state index is -0.00932. The molecule has 0 saturated heterocycles. The summed E-state index contributed by atoms with van der Waals surface area (Å²) in [4.78, 5) is 21.7. The minimum absolute atomic E-state index is 0.00932. The maximum absolute atomic E-state index is 11.0. The van der Waals surface area contributed by atoms with Crippen molar-refractivity contribution in [1.29, 1.82) is 0 Å². The van der Waals surface area contributed by atoms with Crippen molar-refractivity contribution in [2.75, 3.05) is 20.3 Å². The molecule has 1 rings (SSSR count). The van der Waals surface area contributed by atoms with Gasteiger partial charge in [0.15, 0.2) is 11.5 Å². The molecule has 19 heavy (non-hydrogen) atoms. The summed E-state index contributed by atoms with van der Waals surface area (Å²) >= 11 is 0. The van der Waals surface area contributed by atoms with E-state index in [2.05, 4.69) is 5.32 Å². The highest BCUT2D eigenvalue weighted by Crippen LogP contribution is 2.28. The molecule has 1 aromatic carbocycles. The highest BCUT2D eigenvalue weighted by molar-refractivity contribution is 5.76. The van der Waals surface area contributed by atoms with Crippen LogP contribution in [0.2, 0.25) is 0 Å². The predicted molar refractivity (Wildman–Crippen MR) is 71.8 cm³/mol. The van der Waals surface area contributed by atoms with Crippen LogP contribution in [0.25, 0.3) is 0 Å². The maximum atomic E-state index is 11.0. The van der Waals surface area contributed by atoms with E-state index >= 15 is 0 Å². The smallest absolute Gasteiger partial charge is 0.219 e. The Kier molecular flexibility index (Phi) is 6.43. The second kappa shape index (κ2) is 8.13. The summed E-state index contributed by atoms with van der Waals surface area (Å²) in [7, 11) is 1.61. The van der Waals surface area contributed by atoms with Gasteiger partial charge >= 0.3 is 0 Å². The zero-order valence-corrected chi connectivity index (χ0v) is 11.3. The zero-order chi connectivity index (χ0) is 14.1. The number of carbonyl (C=O) groups is 2. The number of aldehydes is 1. The third-order valence-electron chi connectivity index (χ3n) is 2.49. The van der Waals surface area contributed by atoms with E-state index in [4.69, 9.17) is 9.47 Å². The first-order valence-corrected chi connectivity index (χ1v) is 6.26. The molecule has 1 N–H and O–H groups in total. The van der Waals surface area contributed by atoms with E-state index in [1.165, 1.54) is 0 Å². The van der Waals surface area contributed by atoms with Crippen molar-refractivity contribution in [1.82, 2.24) is 5.32 Å². The van der Waals surface area contributed by atoms with E-state index in [1.54, 1.807) is 25.2 Å². The van der Waals surface area contributed by atoms with E-state index in [0.29, 0.717) is 43.1 Å². The number of carbonyl (C=O) groups excluding carboxylic acids is 2. The van der Waals surface area contributed by atoms with Gasteiger partial charge in [0.25, 0.3) is 0 Å². The molecular weight excluding hydrogens is 246 g/mol. The van der Waals surface area contributed by atoms with Crippen molar-refractivity contribution in [2.24, 2.45) is 0 Å². The van der Waals surface area contributed by atoms with Gasteiger partial charge in [-0.1, -0.05) is 0 Å². The summed E-state index contributed by atoms with van der Waals surface area (Å²) in [5.74, 6) is 1.13. The lowest BCUT2D eigenvalue weighted by molar-refractivity contribution is -0.120. The highest BCUT2D eigenvalue weighted by Gasteiger charge is 2.06. The standard InChI is InChI=1S/C14H19NO4/c1-3-18-13-9-11(10-16)6-7-12(13)19-8-4-5-14(17)15-2/h6-7,9-10H,3-5,8H2,1-2H3,(H,15,17). The largest absolute Gasteiger partial charge is 0.490 e. The molecule has 0 radical (unpaired) electrons. The molecule has 0 aliphatic rings. The van der Waals surface area contributed by atoms with Crippen LogP contribution < -0.4 is 14.8 Å². The average Bonchev–Trinajstić information content (AvgIpc) is 2.44. The lowest BCUT2D eigenvalue weighted by Crippen LogP contribution is -2.18. The summed E-state index contributed by atoms with van der Waals surface area (Å²) in [6.45, 7) is 2.79. The number of rotatable bonds is 8. The molecule has 0 aliphatic carbocycles. The number of hydrogen-bond donors (Lipinski definition) is 1. The first-order valence-electron chi connectivity index (χ1n) is 6.26. The fourth-order valence-electron chi connectivity index (χ4n) is 1.53. The topological polar surface area (TPSA) is 64.6 Å². The molecule has 0 fully saturated rings. The van der Waals surface area contributed by atoms with Crippen LogP contribution in [0.3, 0.4) is 0 Å². The molecule has 0 unspecified atom stereocenters. The molecule has 0 spiro atoms. The van der Waals surface area contributed by atoms with Crippen LogP contribution in [0, 0.1) is 0 Å². The quantitative estimate of drug-likeness (QED) is 0.575. The Morgan fingerprint density at radius 3 is 2.74 bits per heavy atom. The van der Waals surface area contributed by atoms with E-state index in [-0.39, 0.29) is 5.91 Å². The lowest BCUT2D eigenvalue weighted by Gasteiger charge is -2.12. The number of ether oxygens (including phenoxy) is 2. The number of nitrogens with one attached hydrogen (secondary N) is 1.